The Hall–Kier alpha value is -0.430. The van der Waals surface area contributed by atoms with Crippen LogP contribution in [-0.4, -0.2) is 43.0 Å². The van der Waals surface area contributed by atoms with Crippen LogP contribution >= 0.6 is 35.7 Å². The Morgan fingerprint density at radius 3 is 2.53 bits per heavy atom. The minimum Gasteiger partial charge on any atom is -0.355 e. The molecule has 0 amide bonds. The van der Waals surface area contributed by atoms with E-state index < -0.39 is 0 Å². The van der Waals surface area contributed by atoms with Gasteiger partial charge in [-0.25, -0.2) is 0 Å². The highest BCUT2D eigenvalue weighted by molar-refractivity contribution is 14.0. The highest BCUT2D eigenvalue weighted by Crippen LogP contribution is 2.05. The Morgan fingerprint density at radius 2 is 2.00 bits per heavy atom. The lowest BCUT2D eigenvalue weighted by molar-refractivity contribution is 0.477. The van der Waals surface area contributed by atoms with Gasteiger partial charge in [0.2, 0.25) is 0 Å². The first-order valence-corrected chi connectivity index (χ1v) is 7.44. The van der Waals surface area contributed by atoms with Crippen LogP contribution in [0.25, 0.3) is 0 Å². The van der Waals surface area contributed by atoms with Crippen molar-refractivity contribution in [3.05, 3.63) is 35.9 Å². The molecule has 1 atom stereocenters. The highest BCUT2D eigenvalue weighted by atomic mass is 127. The van der Waals surface area contributed by atoms with Gasteiger partial charge < -0.3 is 10.2 Å². The molecule has 0 aliphatic rings. The third-order valence-electron chi connectivity index (χ3n) is 2.79. The maximum atomic E-state index is 4.31. The van der Waals surface area contributed by atoms with E-state index in [1.165, 1.54) is 5.56 Å². The van der Waals surface area contributed by atoms with Gasteiger partial charge in [0.1, 0.15) is 0 Å². The molecule has 1 unspecified atom stereocenters. The fourth-order valence-electron chi connectivity index (χ4n) is 1.64. The summed E-state index contributed by atoms with van der Waals surface area (Å²) in [5, 5.41) is 3.98. The number of rotatable bonds is 5. The summed E-state index contributed by atoms with van der Waals surface area (Å²) in [6.45, 7) is 4.02. The van der Waals surface area contributed by atoms with E-state index in [0.717, 1.165) is 19.0 Å². The highest BCUT2D eigenvalue weighted by Gasteiger charge is 2.07. The van der Waals surface area contributed by atoms with E-state index in [9.17, 15) is 0 Å². The van der Waals surface area contributed by atoms with E-state index in [-0.39, 0.29) is 24.0 Å². The van der Waals surface area contributed by atoms with Crippen molar-refractivity contribution in [1.29, 1.82) is 0 Å². The van der Waals surface area contributed by atoms with Gasteiger partial charge in [-0.05, 0) is 11.8 Å². The molecule has 0 saturated carbocycles. The summed E-state index contributed by atoms with van der Waals surface area (Å²) in [5.74, 6) is 0.944. The van der Waals surface area contributed by atoms with Gasteiger partial charge in [0.05, 0.1) is 0 Å². The molecule has 1 aromatic carbocycles. The molecule has 0 radical (unpaired) electrons. The molecule has 0 spiro atoms. The zero-order valence-corrected chi connectivity index (χ0v) is 15.2. The Kier molecular flexibility index (Phi) is 10.1. The molecule has 0 bridgehead atoms. The van der Waals surface area contributed by atoms with E-state index in [1.807, 2.05) is 24.9 Å². The van der Waals surface area contributed by atoms with Crippen LogP contribution in [0.3, 0.4) is 0 Å². The number of thioether (sulfide) groups is 1. The molecule has 0 heterocycles. The van der Waals surface area contributed by atoms with Crippen LogP contribution in [-0.2, 0) is 6.54 Å². The van der Waals surface area contributed by atoms with Crippen LogP contribution in [0.1, 0.15) is 12.5 Å². The van der Waals surface area contributed by atoms with E-state index in [0.29, 0.717) is 5.25 Å². The molecule has 1 rings (SSSR count). The van der Waals surface area contributed by atoms with Crippen molar-refractivity contribution >= 4 is 41.7 Å². The number of guanidine groups is 1. The molecule has 0 aliphatic carbocycles. The lowest BCUT2D eigenvalue weighted by Crippen LogP contribution is -2.40. The minimum atomic E-state index is 0. The summed E-state index contributed by atoms with van der Waals surface area (Å²) < 4.78 is 0. The molecule has 5 heteroatoms. The third kappa shape index (κ3) is 7.06. The first-order chi connectivity index (χ1) is 8.67. The summed E-state index contributed by atoms with van der Waals surface area (Å²) >= 11 is 1.86. The number of benzene rings is 1. The van der Waals surface area contributed by atoms with Crippen LogP contribution in [0.15, 0.2) is 35.3 Å². The standard InChI is InChI=1S/C14H23N3S.HI/c1-12(18-4)10-16-14(15-2)17(3)11-13-8-6-5-7-9-13;/h5-9,12H,10-11H2,1-4H3,(H,15,16);1H. The van der Waals surface area contributed by atoms with Crippen LogP contribution in [0.5, 0.6) is 0 Å². The molecule has 0 aromatic heterocycles. The van der Waals surface area contributed by atoms with Crippen LogP contribution < -0.4 is 5.32 Å². The Labute approximate surface area is 138 Å². The zero-order valence-electron chi connectivity index (χ0n) is 12.1. The van der Waals surface area contributed by atoms with E-state index in [2.05, 4.69) is 59.7 Å². The quantitative estimate of drug-likeness (QED) is 0.474. The molecular formula is C14H24IN3S. The van der Waals surface area contributed by atoms with Crippen molar-refractivity contribution < 1.29 is 0 Å². The minimum absolute atomic E-state index is 0. The van der Waals surface area contributed by atoms with E-state index in [1.54, 1.807) is 0 Å². The molecule has 19 heavy (non-hydrogen) atoms. The predicted octanol–water partition coefficient (Wildman–Crippen LogP) is 3.06. The van der Waals surface area contributed by atoms with Crippen molar-refractivity contribution in [2.75, 3.05) is 26.9 Å². The van der Waals surface area contributed by atoms with Crippen LogP contribution in [0.2, 0.25) is 0 Å². The summed E-state index contributed by atoms with van der Waals surface area (Å²) in [5.41, 5.74) is 1.29. The van der Waals surface area contributed by atoms with Gasteiger partial charge in [-0.2, -0.15) is 11.8 Å². The SMILES string of the molecule is CN=C(NCC(C)SC)N(C)Cc1ccccc1.I. The molecule has 3 nitrogen and oxygen atoms in total. The Bertz CT molecular complexity index is 370. The monoisotopic (exact) mass is 393 g/mol. The normalized spacial score (nSPS) is 12.5. The molecular weight excluding hydrogens is 369 g/mol. The Balaban J connectivity index is 0.00000324. The average molecular weight is 393 g/mol. The largest absolute Gasteiger partial charge is 0.355 e. The van der Waals surface area contributed by atoms with Crippen LogP contribution in [0.4, 0.5) is 0 Å². The van der Waals surface area contributed by atoms with Crippen molar-refractivity contribution in [1.82, 2.24) is 10.2 Å². The topological polar surface area (TPSA) is 27.6 Å². The number of hydrogen-bond acceptors (Lipinski definition) is 2. The third-order valence-corrected chi connectivity index (χ3v) is 3.76. The molecule has 1 aromatic rings. The van der Waals surface area contributed by atoms with E-state index >= 15 is 0 Å². The maximum Gasteiger partial charge on any atom is 0.193 e. The number of nitrogens with zero attached hydrogens (tertiary/aromatic N) is 2. The molecule has 0 aliphatic heterocycles. The van der Waals surface area contributed by atoms with Crippen LogP contribution in [0, 0.1) is 0 Å². The average Bonchev–Trinajstić information content (AvgIpc) is 2.40. The number of nitrogens with one attached hydrogen (secondary N) is 1. The second-order valence-electron chi connectivity index (χ2n) is 4.32. The van der Waals surface area contributed by atoms with Gasteiger partial charge >= 0.3 is 0 Å². The van der Waals surface area contributed by atoms with Crippen molar-refractivity contribution in [3.8, 4) is 0 Å². The number of hydrogen-bond donors (Lipinski definition) is 1. The lowest BCUT2D eigenvalue weighted by Gasteiger charge is -2.23. The first kappa shape index (κ1) is 18.6. The fraction of sp³-hybridized carbons (Fsp3) is 0.500. The van der Waals surface area contributed by atoms with Gasteiger partial charge in [0, 0.05) is 32.4 Å². The van der Waals surface area contributed by atoms with Crippen molar-refractivity contribution in [3.63, 3.8) is 0 Å². The van der Waals surface area contributed by atoms with Crippen molar-refractivity contribution in [2.24, 2.45) is 4.99 Å². The summed E-state index contributed by atoms with van der Waals surface area (Å²) in [4.78, 5) is 6.45. The summed E-state index contributed by atoms with van der Waals surface area (Å²) in [6.07, 6.45) is 2.13. The second kappa shape index (κ2) is 10.4. The Morgan fingerprint density at radius 1 is 1.37 bits per heavy atom. The maximum absolute atomic E-state index is 4.31. The van der Waals surface area contributed by atoms with E-state index in [4.69, 9.17) is 0 Å². The number of aliphatic imine (C=N–C) groups is 1. The van der Waals surface area contributed by atoms with Gasteiger partial charge in [-0.3, -0.25) is 4.99 Å². The fourth-order valence-corrected chi connectivity index (χ4v) is 1.89. The summed E-state index contributed by atoms with van der Waals surface area (Å²) in [6, 6.07) is 10.4. The predicted molar refractivity (Wildman–Crippen MR) is 97.7 cm³/mol. The summed E-state index contributed by atoms with van der Waals surface area (Å²) in [7, 11) is 3.89. The molecule has 0 saturated heterocycles. The lowest BCUT2D eigenvalue weighted by atomic mass is 10.2. The van der Waals surface area contributed by atoms with Gasteiger partial charge in [-0.1, -0.05) is 37.3 Å². The molecule has 108 valence electrons. The van der Waals surface area contributed by atoms with Gasteiger partial charge in [0.15, 0.2) is 5.96 Å². The molecule has 1 N–H and O–H groups in total. The van der Waals surface area contributed by atoms with Gasteiger partial charge in [0.25, 0.3) is 0 Å². The van der Waals surface area contributed by atoms with Crippen molar-refractivity contribution in [2.45, 2.75) is 18.7 Å². The van der Waals surface area contributed by atoms with Gasteiger partial charge in [-0.15, -0.1) is 24.0 Å². The number of halogens is 1. The second-order valence-corrected chi connectivity index (χ2v) is 5.59. The first-order valence-electron chi connectivity index (χ1n) is 6.16. The molecule has 0 fully saturated rings. The smallest absolute Gasteiger partial charge is 0.193 e. The zero-order chi connectivity index (χ0) is 13.4.